The number of amides is 2. The van der Waals surface area contributed by atoms with Crippen LogP contribution >= 0.6 is 0 Å². The van der Waals surface area contributed by atoms with Crippen LogP contribution in [-0.4, -0.2) is 17.9 Å². The number of benzene rings is 2. The molecule has 1 saturated carbocycles. The van der Waals surface area contributed by atoms with Gasteiger partial charge < -0.3 is 9.73 Å². The summed E-state index contributed by atoms with van der Waals surface area (Å²) >= 11 is 0. The molecule has 5 nitrogen and oxygen atoms in total. The summed E-state index contributed by atoms with van der Waals surface area (Å²) < 4.78 is 20.3. The Morgan fingerprint density at radius 1 is 0.970 bits per heavy atom. The van der Waals surface area contributed by atoms with Crippen LogP contribution < -0.4 is 10.2 Å². The number of hydrogen-bond acceptors (Lipinski definition) is 3. The number of carbonyl (C=O) groups excluding carboxylic acids is 2. The first-order valence-electron chi connectivity index (χ1n) is 11.5. The van der Waals surface area contributed by atoms with E-state index in [-0.39, 0.29) is 23.4 Å². The van der Waals surface area contributed by atoms with Gasteiger partial charge in [0.05, 0.1) is 12.0 Å². The zero-order valence-electron chi connectivity index (χ0n) is 19.0. The highest BCUT2D eigenvalue weighted by Gasteiger charge is 2.37. The molecule has 1 atom stereocenters. The third kappa shape index (κ3) is 5.00. The van der Waals surface area contributed by atoms with E-state index < -0.39 is 17.8 Å². The molecule has 0 radical (unpaired) electrons. The summed E-state index contributed by atoms with van der Waals surface area (Å²) in [4.78, 5) is 28.4. The van der Waals surface area contributed by atoms with Gasteiger partial charge in [-0.1, -0.05) is 63.1 Å². The number of nitrogens with one attached hydrogen (secondary N) is 1. The molecule has 1 aromatic heterocycles. The van der Waals surface area contributed by atoms with E-state index in [9.17, 15) is 14.0 Å². The number of halogens is 1. The molecule has 1 N–H and O–H groups in total. The first kappa shape index (κ1) is 22.8. The third-order valence-corrected chi connectivity index (χ3v) is 6.19. The quantitative estimate of drug-likeness (QED) is 0.483. The van der Waals surface area contributed by atoms with Crippen molar-refractivity contribution < 1.29 is 18.4 Å². The topological polar surface area (TPSA) is 62.6 Å². The molecule has 6 heteroatoms. The second-order valence-electron chi connectivity index (χ2n) is 8.82. The van der Waals surface area contributed by atoms with E-state index in [0.29, 0.717) is 11.5 Å². The Balaban J connectivity index is 1.82. The first-order chi connectivity index (χ1) is 16.0. The predicted octanol–water partition coefficient (Wildman–Crippen LogP) is 5.99. The molecular formula is C27H29FN2O3. The normalized spacial score (nSPS) is 14.9. The Morgan fingerprint density at radius 2 is 1.64 bits per heavy atom. The minimum atomic E-state index is -1.05. The summed E-state index contributed by atoms with van der Waals surface area (Å²) in [6, 6.07) is 15.7. The van der Waals surface area contributed by atoms with Crippen LogP contribution in [0.15, 0.2) is 71.3 Å². The molecule has 172 valence electrons. The van der Waals surface area contributed by atoms with E-state index in [1.807, 2.05) is 24.3 Å². The van der Waals surface area contributed by atoms with Crippen LogP contribution in [0.3, 0.4) is 0 Å². The highest BCUT2D eigenvalue weighted by molar-refractivity contribution is 6.08. The molecule has 3 aromatic rings. The molecule has 1 fully saturated rings. The lowest BCUT2D eigenvalue weighted by molar-refractivity contribution is -0.123. The molecule has 0 spiro atoms. The van der Waals surface area contributed by atoms with E-state index in [1.165, 1.54) is 29.4 Å². The van der Waals surface area contributed by atoms with Crippen LogP contribution in [0.25, 0.3) is 0 Å². The summed E-state index contributed by atoms with van der Waals surface area (Å²) in [5.41, 5.74) is 1.75. The number of rotatable bonds is 7. The monoisotopic (exact) mass is 448 g/mol. The van der Waals surface area contributed by atoms with Crippen molar-refractivity contribution in [2.45, 2.75) is 57.5 Å². The van der Waals surface area contributed by atoms with Crippen LogP contribution in [0.1, 0.15) is 73.2 Å². The summed E-state index contributed by atoms with van der Waals surface area (Å²) in [7, 11) is 0. The van der Waals surface area contributed by atoms with Crippen LogP contribution in [-0.2, 0) is 4.79 Å². The standard InChI is InChI=1S/C27H29FN2O3/c1-18(2)19-13-15-20(16-14-19)25(26(31)29-21-8-3-4-9-21)30(23-11-6-5-10-22(23)28)27(32)24-12-7-17-33-24/h5-7,10-18,21,25H,3-4,8-9H2,1-2H3,(H,29,31)/t25-/m1/s1. The number of nitrogens with zero attached hydrogens (tertiary/aromatic N) is 1. The zero-order chi connectivity index (χ0) is 23.4. The third-order valence-electron chi connectivity index (χ3n) is 6.19. The van der Waals surface area contributed by atoms with Crippen molar-refractivity contribution in [1.82, 2.24) is 5.32 Å². The Morgan fingerprint density at radius 3 is 2.24 bits per heavy atom. The summed E-state index contributed by atoms with van der Waals surface area (Å²) in [6.07, 6.45) is 5.30. The highest BCUT2D eigenvalue weighted by Crippen LogP contribution is 2.33. The molecule has 1 aliphatic rings. The molecular weight excluding hydrogens is 419 g/mol. The van der Waals surface area contributed by atoms with Crippen molar-refractivity contribution in [2.24, 2.45) is 0 Å². The van der Waals surface area contributed by atoms with Crippen molar-refractivity contribution in [3.63, 3.8) is 0 Å². The predicted molar refractivity (Wildman–Crippen MR) is 126 cm³/mol. The number of hydrogen-bond donors (Lipinski definition) is 1. The van der Waals surface area contributed by atoms with Crippen LogP contribution in [0.5, 0.6) is 0 Å². The van der Waals surface area contributed by atoms with Crippen LogP contribution in [0.2, 0.25) is 0 Å². The Labute approximate surface area is 193 Å². The van der Waals surface area contributed by atoms with Gasteiger partial charge in [0.1, 0.15) is 11.9 Å². The average molecular weight is 449 g/mol. The highest BCUT2D eigenvalue weighted by atomic mass is 19.1. The van der Waals surface area contributed by atoms with Gasteiger partial charge in [-0.2, -0.15) is 0 Å². The lowest BCUT2D eigenvalue weighted by Gasteiger charge is -2.32. The Bertz CT molecular complexity index is 1090. The largest absolute Gasteiger partial charge is 0.459 e. The van der Waals surface area contributed by atoms with Gasteiger partial charge in [-0.15, -0.1) is 0 Å². The second kappa shape index (κ2) is 10.0. The van der Waals surface area contributed by atoms with Gasteiger partial charge in [-0.3, -0.25) is 14.5 Å². The number of para-hydroxylation sites is 1. The number of carbonyl (C=O) groups is 2. The van der Waals surface area contributed by atoms with Crippen molar-refractivity contribution in [1.29, 1.82) is 0 Å². The molecule has 0 saturated heterocycles. The van der Waals surface area contributed by atoms with E-state index in [2.05, 4.69) is 19.2 Å². The van der Waals surface area contributed by atoms with Gasteiger partial charge >= 0.3 is 0 Å². The molecule has 4 rings (SSSR count). The maximum absolute atomic E-state index is 15.0. The first-order valence-corrected chi connectivity index (χ1v) is 11.5. The summed E-state index contributed by atoms with van der Waals surface area (Å²) in [5.74, 6) is -1.14. The number of furan rings is 1. The van der Waals surface area contributed by atoms with Gasteiger partial charge in [-0.25, -0.2) is 4.39 Å². The van der Waals surface area contributed by atoms with Gasteiger partial charge in [0, 0.05) is 6.04 Å². The van der Waals surface area contributed by atoms with E-state index in [4.69, 9.17) is 4.42 Å². The fourth-order valence-electron chi connectivity index (χ4n) is 4.36. The van der Waals surface area contributed by atoms with Crippen molar-refractivity contribution in [3.05, 3.63) is 89.6 Å². The lowest BCUT2D eigenvalue weighted by Crippen LogP contribution is -2.46. The smallest absolute Gasteiger partial charge is 0.295 e. The molecule has 0 unspecified atom stereocenters. The van der Waals surface area contributed by atoms with Gasteiger partial charge in [0.25, 0.3) is 5.91 Å². The van der Waals surface area contributed by atoms with E-state index in [1.54, 1.807) is 18.2 Å². The average Bonchev–Trinajstić information content (AvgIpc) is 3.52. The van der Waals surface area contributed by atoms with Gasteiger partial charge in [0.15, 0.2) is 5.76 Å². The minimum Gasteiger partial charge on any atom is -0.459 e. The fourth-order valence-corrected chi connectivity index (χ4v) is 4.36. The van der Waals surface area contributed by atoms with Crippen molar-refractivity contribution in [3.8, 4) is 0 Å². The van der Waals surface area contributed by atoms with Crippen LogP contribution in [0, 0.1) is 5.82 Å². The maximum Gasteiger partial charge on any atom is 0.295 e. The molecule has 1 aliphatic carbocycles. The Kier molecular flexibility index (Phi) is 6.92. The molecule has 0 aliphatic heterocycles. The number of anilines is 1. The molecule has 2 amide bonds. The zero-order valence-corrected chi connectivity index (χ0v) is 19.0. The molecule has 33 heavy (non-hydrogen) atoms. The second-order valence-corrected chi connectivity index (χ2v) is 8.82. The van der Waals surface area contributed by atoms with E-state index in [0.717, 1.165) is 31.2 Å². The summed E-state index contributed by atoms with van der Waals surface area (Å²) in [5, 5.41) is 3.10. The minimum absolute atomic E-state index is 0.0263. The van der Waals surface area contributed by atoms with Gasteiger partial charge in [-0.05, 0) is 54.2 Å². The summed E-state index contributed by atoms with van der Waals surface area (Å²) in [6.45, 7) is 4.18. The van der Waals surface area contributed by atoms with Crippen molar-refractivity contribution >= 4 is 17.5 Å². The lowest BCUT2D eigenvalue weighted by atomic mass is 9.97. The maximum atomic E-state index is 15.0. The van der Waals surface area contributed by atoms with Gasteiger partial charge in [0.2, 0.25) is 5.91 Å². The van der Waals surface area contributed by atoms with Crippen LogP contribution in [0.4, 0.5) is 10.1 Å². The van der Waals surface area contributed by atoms with Crippen molar-refractivity contribution in [2.75, 3.05) is 4.90 Å². The Hall–Kier alpha value is -3.41. The molecule has 0 bridgehead atoms. The van der Waals surface area contributed by atoms with E-state index >= 15 is 0 Å². The molecule has 2 aromatic carbocycles. The fraction of sp³-hybridized carbons (Fsp3) is 0.333. The molecule has 1 heterocycles. The SMILES string of the molecule is CC(C)c1ccc([C@H](C(=O)NC2CCCC2)N(C(=O)c2ccco2)c2ccccc2F)cc1.